The Morgan fingerprint density at radius 2 is 1.77 bits per heavy atom. The molecular formula is C27H32ClN7O4S. The molecule has 0 atom stereocenters. The minimum atomic E-state index is -0.117. The molecule has 0 bridgehead atoms. The van der Waals surface area contributed by atoms with E-state index in [1.165, 1.54) is 6.20 Å². The standard InChI is InChI=1S/C27H32ClN7O4S/c1-37-22-5-3-4-21(24(22)34-8-12-39-13-9-34)31-25-19(28)17-29-26(33-25)32-20-7-6-18(16-23(20)38-2)30-27(36)35-10-14-40-15-11-35/h3-7,16-17H,8-15H2,1-2H3,(H,30,36)(H2,29,31,32,33). The van der Waals surface area contributed by atoms with E-state index in [-0.39, 0.29) is 6.03 Å². The van der Waals surface area contributed by atoms with Gasteiger partial charge in [0, 0.05) is 49.4 Å². The quantitative estimate of drug-likeness (QED) is 0.332. The highest BCUT2D eigenvalue weighted by Crippen LogP contribution is 2.39. The van der Waals surface area contributed by atoms with Crippen molar-refractivity contribution in [2.75, 3.05) is 86.0 Å². The molecule has 2 aromatic carbocycles. The number of rotatable bonds is 8. The molecule has 2 saturated heterocycles. The Labute approximate surface area is 242 Å². The van der Waals surface area contributed by atoms with Gasteiger partial charge in [-0.1, -0.05) is 17.7 Å². The maximum atomic E-state index is 12.6. The monoisotopic (exact) mass is 585 g/mol. The predicted molar refractivity (Wildman–Crippen MR) is 161 cm³/mol. The Morgan fingerprint density at radius 1 is 1.00 bits per heavy atom. The van der Waals surface area contributed by atoms with Crippen LogP contribution in [0.5, 0.6) is 11.5 Å². The van der Waals surface area contributed by atoms with E-state index in [0.717, 1.165) is 54.8 Å². The van der Waals surface area contributed by atoms with Gasteiger partial charge in [-0.25, -0.2) is 9.78 Å². The van der Waals surface area contributed by atoms with Gasteiger partial charge in [0.15, 0.2) is 5.82 Å². The van der Waals surface area contributed by atoms with Crippen molar-refractivity contribution >= 4 is 63.9 Å². The molecule has 11 nitrogen and oxygen atoms in total. The first-order chi connectivity index (χ1) is 19.6. The highest BCUT2D eigenvalue weighted by Gasteiger charge is 2.21. The van der Waals surface area contributed by atoms with E-state index in [9.17, 15) is 4.79 Å². The topological polar surface area (TPSA) is 113 Å². The van der Waals surface area contributed by atoms with E-state index in [2.05, 4.69) is 30.8 Å². The van der Waals surface area contributed by atoms with Crippen molar-refractivity contribution in [1.29, 1.82) is 0 Å². The molecule has 13 heteroatoms. The second-order valence-electron chi connectivity index (χ2n) is 9.04. The third kappa shape index (κ3) is 6.57. The van der Waals surface area contributed by atoms with Crippen molar-refractivity contribution < 1.29 is 19.0 Å². The number of aromatic nitrogens is 2. The summed E-state index contributed by atoms with van der Waals surface area (Å²) in [5.74, 6) is 3.93. The normalized spacial score (nSPS) is 15.4. The van der Waals surface area contributed by atoms with Crippen molar-refractivity contribution in [3.63, 3.8) is 0 Å². The lowest BCUT2D eigenvalue weighted by molar-refractivity contribution is 0.122. The van der Waals surface area contributed by atoms with Crippen LogP contribution in [0.15, 0.2) is 42.6 Å². The molecule has 0 aliphatic carbocycles. The number of morpholine rings is 1. The molecule has 212 valence electrons. The lowest BCUT2D eigenvalue weighted by Gasteiger charge is -2.31. The van der Waals surface area contributed by atoms with Crippen LogP contribution in [0.3, 0.4) is 0 Å². The van der Waals surface area contributed by atoms with Crippen LogP contribution >= 0.6 is 23.4 Å². The Kier molecular flexibility index (Phi) is 9.19. The number of carbonyl (C=O) groups is 1. The number of carbonyl (C=O) groups excluding carboxylic acids is 1. The number of halogens is 1. The highest BCUT2D eigenvalue weighted by molar-refractivity contribution is 7.99. The molecule has 2 amide bonds. The molecule has 2 aliphatic heterocycles. The van der Waals surface area contributed by atoms with Gasteiger partial charge in [-0.3, -0.25) is 0 Å². The zero-order valence-electron chi connectivity index (χ0n) is 22.4. The number of nitrogens with one attached hydrogen (secondary N) is 3. The van der Waals surface area contributed by atoms with E-state index in [4.69, 9.17) is 25.8 Å². The second-order valence-corrected chi connectivity index (χ2v) is 10.7. The van der Waals surface area contributed by atoms with Crippen molar-refractivity contribution in [3.8, 4) is 11.5 Å². The van der Waals surface area contributed by atoms with Crippen LogP contribution in [-0.2, 0) is 4.74 Å². The summed E-state index contributed by atoms with van der Waals surface area (Å²) in [6.07, 6.45) is 1.53. The zero-order chi connectivity index (χ0) is 27.9. The van der Waals surface area contributed by atoms with Crippen LogP contribution < -0.4 is 30.3 Å². The average molecular weight is 586 g/mol. The number of para-hydroxylation sites is 1. The van der Waals surface area contributed by atoms with E-state index in [1.807, 2.05) is 40.9 Å². The predicted octanol–water partition coefficient (Wildman–Crippen LogP) is 5.05. The van der Waals surface area contributed by atoms with E-state index in [0.29, 0.717) is 47.1 Å². The highest BCUT2D eigenvalue weighted by atomic mass is 35.5. The summed E-state index contributed by atoms with van der Waals surface area (Å²) < 4.78 is 16.8. The van der Waals surface area contributed by atoms with E-state index >= 15 is 0 Å². The van der Waals surface area contributed by atoms with Crippen LogP contribution in [0, 0.1) is 0 Å². The van der Waals surface area contributed by atoms with Gasteiger partial charge in [0.2, 0.25) is 5.95 Å². The number of ether oxygens (including phenoxy) is 3. The van der Waals surface area contributed by atoms with Gasteiger partial charge >= 0.3 is 6.03 Å². The lowest BCUT2D eigenvalue weighted by Crippen LogP contribution is -2.40. The number of hydrogen-bond donors (Lipinski definition) is 3. The number of urea groups is 1. The molecule has 40 heavy (non-hydrogen) atoms. The zero-order valence-corrected chi connectivity index (χ0v) is 24.0. The number of benzene rings is 2. The second kappa shape index (κ2) is 13.2. The summed E-state index contributed by atoms with van der Waals surface area (Å²) in [7, 11) is 3.22. The van der Waals surface area contributed by atoms with Crippen LogP contribution in [0.1, 0.15) is 0 Å². The maximum Gasteiger partial charge on any atom is 0.321 e. The van der Waals surface area contributed by atoms with Gasteiger partial charge in [-0.2, -0.15) is 16.7 Å². The molecule has 2 fully saturated rings. The van der Waals surface area contributed by atoms with Gasteiger partial charge in [0.05, 0.1) is 45.0 Å². The fourth-order valence-electron chi connectivity index (χ4n) is 4.51. The smallest absolute Gasteiger partial charge is 0.321 e. The Balaban J connectivity index is 1.34. The molecule has 3 N–H and O–H groups in total. The summed E-state index contributed by atoms with van der Waals surface area (Å²) in [5, 5.41) is 9.87. The van der Waals surface area contributed by atoms with E-state index in [1.54, 1.807) is 26.4 Å². The fraction of sp³-hybridized carbons (Fsp3) is 0.370. The number of amides is 2. The first-order valence-corrected chi connectivity index (χ1v) is 14.5. The third-order valence-electron chi connectivity index (χ3n) is 6.54. The lowest BCUT2D eigenvalue weighted by atomic mass is 10.2. The van der Waals surface area contributed by atoms with E-state index < -0.39 is 0 Å². The molecule has 1 aromatic heterocycles. The van der Waals surface area contributed by atoms with Crippen molar-refractivity contribution in [2.24, 2.45) is 0 Å². The number of methoxy groups -OCH3 is 2. The summed E-state index contributed by atoms with van der Waals surface area (Å²) in [6, 6.07) is 11.1. The Hall–Kier alpha value is -3.61. The van der Waals surface area contributed by atoms with Crippen LogP contribution in [-0.4, -0.2) is 86.0 Å². The minimum Gasteiger partial charge on any atom is -0.495 e. The van der Waals surface area contributed by atoms with Crippen LogP contribution in [0.4, 0.5) is 39.3 Å². The van der Waals surface area contributed by atoms with Gasteiger partial charge in [-0.15, -0.1) is 0 Å². The molecule has 0 radical (unpaired) electrons. The Morgan fingerprint density at radius 3 is 2.52 bits per heavy atom. The number of thioether (sulfide) groups is 1. The van der Waals surface area contributed by atoms with Gasteiger partial charge in [0.25, 0.3) is 0 Å². The SMILES string of the molecule is COc1cc(NC(=O)N2CCSCC2)ccc1Nc1ncc(Cl)c(Nc2cccc(OC)c2N2CCOCC2)n1. The summed E-state index contributed by atoms with van der Waals surface area (Å²) in [6.45, 7) is 4.24. The maximum absolute atomic E-state index is 12.6. The van der Waals surface area contributed by atoms with Crippen molar-refractivity contribution in [3.05, 3.63) is 47.6 Å². The minimum absolute atomic E-state index is 0.117. The third-order valence-corrected chi connectivity index (χ3v) is 7.76. The number of anilines is 6. The molecule has 5 rings (SSSR count). The average Bonchev–Trinajstić information content (AvgIpc) is 3.00. The Bertz CT molecular complexity index is 1340. The molecule has 0 spiro atoms. The van der Waals surface area contributed by atoms with Gasteiger partial charge in [-0.05, 0) is 24.3 Å². The first-order valence-electron chi connectivity index (χ1n) is 12.9. The molecular weight excluding hydrogens is 554 g/mol. The van der Waals surface area contributed by atoms with Gasteiger partial charge in [0.1, 0.15) is 22.2 Å². The first kappa shape index (κ1) is 27.9. The summed E-state index contributed by atoms with van der Waals surface area (Å²) in [4.78, 5) is 25.6. The van der Waals surface area contributed by atoms with Crippen molar-refractivity contribution in [2.45, 2.75) is 0 Å². The molecule has 3 heterocycles. The largest absolute Gasteiger partial charge is 0.495 e. The number of nitrogens with zero attached hydrogens (tertiary/aromatic N) is 4. The number of hydrogen-bond acceptors (Lipinski definition) is 10. The van der Waals surface area contributed by atoms with Crippen LogP contribution in [0.25, 0.3) is 0 Å². The molecule has 0 unspecified atom stereocenters. The van der Waals surface area contributed by atoms with Crippen molar-refractivity contribution in [1.82, 2.24) is 14.9 Å². The molecule has 2 aliphatic rings. The fourth-order valence-corrected chi connectivity index (χ4v) is 5.55. The summed E-state index contributed by atoms with van der Waals surface area (Å²) in [5.41, 5.74) is 3.00. The van der Waals surface area contributed by atoms with Gasteiger partial charge < -0.3 is 40.0 Å². The van der Waals surface area contributed by atoms with Crippen LogP contribution in [0.2, 0.25) is 5.02 Å². The summed E-state index contributed by atoms with van der Waals surface area (Å²) >= 11 is 8.36. The molecule has 3 aromatic rings. The molecule has 0 saturated carbocycles.